The van der Waals surface area contributed by atoms with Crippen LogP contribution in [0.3, 0.4) is 0 Å². The van der Waals surface area contributed by atoms with Gasteiger partial charge in [-0.3, -0.25) is 24.2 Å². The number of esters is 1. The van der Waals surface area contributed by atoms with Gasteiger partial charge in [-0.2, -0.15) is 0 Å². The Morgan fingerprint density at radius 3 is 2.23 bits per heavy atom. The lowest BCUT2D eigenvalue weighted by Gasteiger charge is -2.40. The van der Waals surface area contributed by atoms with Crippen LogP contribution < -0.4 is 11.5 Å². The Morgan fingerprint density at radius 1 is 1.12 bits per heavy atom. The van der Waals surface area contributed by atoms with Crippen molar-refractivity contribution in [2.75, 3.05) is 13.7 Å². The Labute approximate surface area is 152 Å². The standard InChI is InChI=1S/C17H26N4O5/c1-3-4-9-20-14(22)12(13(18)19)15(23)21(17(20)25)11-7-5-10(6-8-11)16(24)26-2/h10-11H,3-9,18-19H2,1-2H3/t10-,11-. The summed E-state index contributed by atoms with van der Waals surface area (Å²) in [5, 5.41) is 0. The number of urea groups is 1. The summed E-state index contributed by atoms with van der Waals surface area (Å²) < 4.78 is 4.76. The van der Waals surface area contributed by atoms with Crippen LogP contribution in [0.5, 0.6) is 0 Å². The van der Waals surface area contributed by atoms with Gasteiger partial charge in [0.25, 0.3) is 11.8 Å². The molecule has 0 radical (unpaired) electrons. The average molecular weight is 366 g/mol. The predicted octanol–water partition coefficient (Wildman–Crippen LogP) is 0.438. The first kappa shape index (κ1) is 19.7. The summed E-state index contributed by atoms with van der Waals surface area (Å²) >= 11 is 0. The van der Waals surface area contributed by atoms with E-state index in [2.05, 4.69) is 0 Å². The van der Waals surface area contributed by atoms with Crippen molar-refractivity contribution < 1.29 is 23.9 Å². The van der Waals surface area contributed by atoms with Gasteiger partial charge in [0.1, 0.15) is 11.4 Å². The van der Waals surface area contributed by atoms with Crippen molar-refractivity contribution >= 4 is 23.8 Å². The highest BCUT2D eigenvalue weighted by atomic mass is 16.5. The van der Waals surface area contributed by atoms with Crippen LogP contribution in [-0.2, 0) is 19.1 Å². The van der Waals surface area contributed by atoms with E-state index in [4.69, 9.17) is 16.2 Å². The number of ether oxygens (including phenoxy) is 1. The van der Waals surface area contributed by atoms with Gasteiger partial charge in [0.15, 0.2) is 0 Å². The molecule has 0 bridgehead atoms. The lowest BCUT2D eigenvalue weighted by molar-refractivity contribution is -0.147. The van der Waals surface area contributed by atoms with Crippen LogP contribution in [0.4, 0.5) is 4.79 Å². The van der Waals surface area contributed by atoms with E-state index in [0.717, 1.165) is 16.2 Å². The third-order valence-corrected chi connectivity index (χ3v) is 4.95. The predicted molar refractivity (Wildman–Crippen MR) is 92.0 cm³/mol. The Bertz CT molecular complexity index is 633. The average Bonchev–Trinajstić information content (AvgIpc) is 2.61. The van der Waals surface area contributed by atoms with Gasteiger partial charge in [-0.05, 0) is 32.1 Å². The number of hydrogen-bond acceptors (Lipinski definition) is 7. The first-order valence-corrected chi connectivity index (χ1v) is 8.85. The molecule has 1 saturated heterocycles. The van der Waals surface area contributed by atoms with Crippen molar-refractivity contribution in [1.82, 2.24) is 9.80 Å². The van der Waals surface area contributed by atoms with E-state index in [1.54, 1.807) is 0 Å². The number of nitrogens with zero attached hydrogens (tertiary/aromatic N) is 2. The van der Waals surface area contributed by atoms with Gasteiger partial charge in [-0.1, -0.05) is 13.3 Å². The minimum atomic E-state index is -0.755. The van der Waals surface area contributed by atoms with E-state index in [0.29, 0.717) is 32.1 Å². The van der Waals surface area contributed by atoms with Crippen LogP contribution in [0.15, 0.2) is 11.4 Å². The summed E-state index contributed by atoms with van der Waals surface area (Å²) in [6.45, 7) is 2.14. The molecule has 4 N–H and O–H groups in total. The van der Waals surface area contributed by atoms with Crippen molar-refractivity contribution in [2.45, 2.75) is 51.5 Å². The first-order valence-electron chi connectivity index (χ1n) is 8.85. The highest BCUT2D eigenvalue weighted by molar-refractivity contribution is 6.29. The zero-order chi connectivity index (χ0) is 19.4. The first-order chi connectivity index (χ1) is 12.3. The minimum Gasteiger partial charge on any atom is -0.469 e. The molecule has 2 rings (SSSR count). The fourth-order valence-corrected chi connectivity index (χ4v) is 3.47. The number of imide groups is 2. The zero-order valence-electron chi connectivity index (χ0n) is 15.2. The molecule has 0 unspecified atom stereocenters. The summed E-state index contributed by atoms with van der Waals surface area (Å²) in [7, 11) is 1.34. The summed E-state index contributed by atoms with van der Waals surface area (Å²) in [4.78, 5) is 51.8. The molecule has 0 aromatic carbocycles. The van der Waals surface area contributed by atoms with Gasteiger partial charge in [-0.25, -0.2) is 4.79 Å². The molecular weight excluding hydrogens is 340 g/mol. The number of methoxy groups -OCH3 is 1. The van der Waals surface area contributed by atoms with Crippen molar-refractivity contribution in [2.24, 2.45) is 17.4 Å². The second-order valence-electron chi connectivity index (χ2n) is 6.63. The van der Waals surface area contributed by atoms with E-state index < -0.39 is 23.9 Å². The van der Waals surface area contributed by atoms with Gasteiger partial charge in [-0.15, -0.1) is 0 Å². The van der Waals surface area contributed by atoms with Crippen LogP contribution in [0, 0.1) is 5.92 Å². The SMILES string of the molecule is CCCCN1C(=O)C(=C(N)N)C(=O)N([C@H]2CC[C@H](C(=O)OC)CC2)C1=O. The molecule has 26 heavy (non-hydrogen) atoms. The molecule has 0 aromatic heterocycles. The second-order valence-corrected chi connectivity index (χ2v) is 6.63. The fourth-order valence-electron chi connectivity index (χ4n) is 3.47. The second kappa shape index (κ2) is 8.20. The Balaban J connectivity index is 2.24. The van der Waals surface area contributed by atoms with E-state index in [1.165, 1.54) is 7.11 Å². The van der Waals surface area contributed by atoms with Gasteiger partial charge in [0, 0.05) is 12.6 Å². The highest BCUT2D eigenvalue weighted by Gasteiger charge is 2.46. The van der Waals surface area contributed by atoms with E-state index in [9.17, 15) is 19.2 Å². The molecule has 2 aliphatic rings. The fraction of sp³-hybridized carbons (Fsp3) is 0.647. The molecular formula is C17H26N4O5. The molecule has 4 amide bonds. The Kier molecular flexibility index (Phi) is 6.23. The highest BCUT2D eigenvalue weighted by Crippen LogP contribution is 2.32. The van der Waals surface area contributed by atoms with E-state index in [-0.39, 0.29) is 29.8 Å². The normalized spacial score (nSPS) is 24.1. The summed E-state index contributed by atoms with van der Waals surface area (Å²) in [5.41, 5.74) is 10.7. The lowest BCUT2D eigenvalue weighted by Crippen LogP contribution is -2.61. The molecule has 2 fully saturated rings. The maximum atomic E-state index is 12.8. The van der Waals surface area contributed by atoms with Crippen molar-refractivity contribution in [1.29, 1.82) is 0 Å². The summed E-state index contributed by atoms with van der Waals surface area (Å²) in [5.74, 6) is -2.41. The van der Waals surface area contributed by atoms with Gasteiger partial charge < -0.3 is 16.2 Å². The van der Waals surface area contributed by atoms with Crippen LogP contribution in [-0.4, -0.2) is 53.3 Å². The third kappa shape index (κ3) is 3.66. The zero-order valence-corrected chi connectivity index (χ0v) is 15.2. The van der Waals surface area contributed by atoms with Crippen LogP contribution in [0.2, 0.25) is 0 Å². The van der Waals surface area contributed by atoms with Crippen LogP contribution in [0.1, 0.15) is 45.4 Å². The topological polar surface area (TPSA) is 136 Å². The molecule has 9 nitrogen and oxygen atoms in total. The Hall–Kier alpha value is -2.58. The number of rotatable bonds is 5. The molecule has 1 saturated carbocycles. The molecule has 9 heteroatoms. The van der Waals surface area contributed by atoms with E-state index >= 15 is 0 Å². The van der Waals surface area contributed by atoms with E-state index in [1.807, 2.05) is 6.92 Å². The largest absolute Gasteiger partial charge is 0.469 e. The quantitative estimate of drug-likeness (QED) is 0.409. The molecule has 1 aliphatic heterocycles. The molecule has 0 aromatic rings. The van der Waals surface area contributed by atoms with Crippen molar-refractivity contribution in [3.8, 4) is 0 Å². The number of nitrogens with two attached hydrogens (primary N) is 2. The number of hydrogen-bond donors (Lipinski definition) is 2. The number of carbonyl (C=O) groups is 4. The monoisotopic (exact) mass is 366 g/mol. The number of amides is 4. The van der Waals surface area contributed by atoms with Gasteiger partial charge in [0.2, 0.25) is 0 Å². The lowest BCUT2D eigenvalue weighted by atomic mass is 9.85. The summed E-state index contributed by atoms with van der Waals surface area (Å²) in [6, 6.07) is -1.04. The van der Waals surface area contributed by atoms with Gasteiger partial charge >= 0.3 is 12.0 Å². The number of unbranched alkanes of at least 4 members (excludes halogenated alkanes) is 1. The maximum absolute atomic E-state index is 12.8. The van der Waals surface area contributed by atoms with Crippen LogP contribution >= 0.6 is 0 Å². The number of carbonyl (C=O) groups excluding carboxylic acids is 4. The molecule has 0 spiro atoms. The third-order valence-electron chi connectivity index (χ3n) is 4.95. The minimum absolute atomic E-state index is 0.201. The molecule has 0 atom stereocenters. The molecule has 144 valence electrons. The number of barbiturate groups is 1. The molecule has 1 aliphatic carbocycles. The molecule has 1 heterocycles. The van der Waals surface area contributed by atoms with Crippen molar-refractivity contribution in [3.63, 3.8) is 0 Å². The van der Waals surface area contributed by atoms with Crippen LogP contribution in [0.25, 0.3) is 0 Å². The smallest absolute Gasteiger partial charge is 0.334 e. The maximum Gasteiger partial charge on any atom is 0.334 e. The summed E-state index contributed by atoms with van der Waals surface area (Å²) in [6.07, 6.45) is 3.34. The van der Waals surface area contributed by atoms with Gasteiger partial charge in [0.05, 0.1) is 13.0 Å². The van der Waals surface area contributed by atoms with Crippen molar-refractivity contribution in [3.05, 3.63) is 11.4 Å². The Morgan fingerprint density at radius 2 is 1.73 bits per heavy atom.